The summed E-state index contributed by atoms with van der Waals surface area (Å²) in [5.74, 6) is 0.484. The van der Waals surface area contributed by atoms with Crippen molar-refractivity contribution in [1.29, 1.82) is 0 Å². The molecule has 0 spiro atoms. The Kier molecular flexibility index (Phi) is 5.94. The van der Waals surface area contributed by atoms with Crippen LogP contribution in [0.1, 0.15) is 10.4 Å². The third-order valence-corrected chi connectivity index (χ3v) is 3.27. The minimum absolute atomic E-state index is 0.143. The molecule has 0 unspecified atom stereocenters. The molecule has 0 saturated carbocycles. The fourth-order valence-corrected chi connectivity index (χ4v) is 2.00. The number of amides is 1. The first-order valence-electron chi connectivity index (χ1n) is 7.38. The third kappa shape index (κ3) is 4.96. The maximum absolute atomic E-state index is 12.0. The number of aromatic nitrogens is 1. The summed E-state index contributed by atoms with van der Waals surface area (Å²) >= 11 is 0. The number of ether oxygens (including phenoxy) is 1. The number of nitrogens with one attached hydrogen (secondary N) is 2. The van der Waals surface area contributed by atoms with Gasteiger partial charge in [-0.25, -0.2) is 4.98 Å². The fraction of sp³-hybridized carbons (Fsp3) is 0.294. The Morgan fingerprint density at radius 1 is 1.22 bits per heavy atom. The van der Waals surface area contributed by atoms with Gasteiger partial charge in [-0.3, -0.25) is 4.79 Å². The highest BCUT2D eigenvalue weighted by Gasteiger charge is 2.06. The molecule has 2 rings (SSSR count). The van der Waals surface area contributed by atoms with Crippen LogP contribution in [0.3, 0.4) is 0 Å². The summed E-state index contributed by atoms with van der Waals surface area (Å²) in [7, 11) is 5.59. The molecule has 6 nitrogen and oxygen atoms in total. The number of carbonyl (C=O) groups is 1. The highest BCUT2D eigenvalue weighted by molar-refractivity contribution is 5.94. The summed E-state index contributed by atoms with van der Waals surface area (Å²) < 4.78 is 4.91. The monoisotopic (exact) mass is 314 g/mol. The lowest BCUT2D eigenvalue weighted by atomic mass is 10.2. The third-order valence-electron chi connectivity index (χ3n) is 3.27. The van der Waals surface area contributed by atoms with Crippen LogP contribution in [0.4, 0.5) is 17.2 Å². The first-order valence-corrected chi connectivity index (χ1v) is 7.38. The molecule has 2 N–H and O–H groups in total. The average Bonchev–Trinajstić information content (AvgIpc) is 2.56. The number of pyridine rings is 1. The Hall–Kier alpha value is -2.60. The van der Waals surface area contributed by atoms with E-state index in [2.05, 4.69) is 15.6 Å². The van der Waals surface area contributed by atoms with Gasteiger partial charge in [0.15, 0.2) is 0 Å². The molecule has 0 fully saturated rings. The molecular formula is C17H22N4O2. The van der Waals surface area contributed by atoms with Gasteiger partial charge in [0.25, 0.3) is 5.91 Å². The number of nitrogens with zero attached hydrogens (tertiary/aromatic N) is 2. The lowest BCUT2D eigenvalue weighted by Crippen LogP contribution is -2.26. The van der Waals surface area contributed by atoms with Crippen molar-refractivity contribution in [3.05, 3.63) is 48.2 Å². The molecule has 2 aromatic rings. The molecule has 0 atom stereocenters. The molecular weight excluding hydrogens is 292 g/mol. The van der Waals surface area contributed by atoms with Crippen LogP contribution in [-0.2, 0) is 4.74 Å². The van der Waals surface area contributed by atoms with Gasteiger partial charge in [0.1, 0.15) is 5.82 Å². The van der Waals surface area contributed by atoms with Gasteiger partial charge in [0.05, 0.1) is 6.61 Å². The van der Waals surface area contributed by atoms with Crippen molar-refractivity contribution in [2.75, 3.05) is 44.6 Å². The van der Waals surface area contributed by atoms with Crippen LogP contribution >= 0.6 is 0 Å². The zero-order valence-corrected chi connectivity index (χ0v) is 13.7. The van der Waals surface area contributed by atoms with E-state index in [1.54, 1.807) is 25.4 Å². The molecule has 1 amide bonds. The predicted molar refractivity (Wildman–Crippen MR) is 92.5 cm³/mol. The van der Waals surface area contributed by atoms with E-state index >= 15 is 0 Å². The minimum atomic E-state index is -0.143. The Morgan fingerprint density at radius 3 is 2.61 bits per heavy atom. The van der Waals surface area contributed by atoms with Gasteiger partial charge < -0.3 is 20.3 Å². The van der Waals surface area contributed by atoms with Crippen molar-refractivity contribution >= 4 is 23.1 Å². The van der Waals surface area contributed by atoms with Gasteiger partial charge in [-0.15, -0.1) is 0 Å². The molecule has 0 aliphatic heterocycles. The maximum Gasteiger partial charge on any atom is 0.251 e. The Bertz CT molecular complexity index is 641. The van der Waals surface area contributed by atoms with Crippen LogP contribution < -0.4 is 15.5 Å². The van der Waals surface area contributed by atoms with E-state index in [-0.39, 0.29) is 5.91 Å². The standard InChI is InChI=1S/C17H22N4O2/c1-21(2)15-6-4-14(5-7-15)20-16-12-13(8-9-18-16)17(22)19-10-11-23-3/h4-9,12H,10-11H2,1-3H3,(H,18,20)(H,19,22). The van der Waals surface area contributed by atoms with E-state index in [9.17, 15) is 4.79 Å². The van der Waals surface area contributed by atoms with Gasteiger partial charge >= 0.3 is 0 Å². The summed E-state index contributed by atoms with van der Waals surface area (Å²) in [6.45, 7) is 0.965. The van der Waals surface area contributed by atoms with Crippen molar-refractivity contribution in [3.63, 3.8) is 0 Å². The number of hydrogen-bond donors (Lipinski definition) is 2. The van der Waals surface area contributed by atoms with Crippen molar-refractivity contribution in [1.82, 2.24) is 10.3 Å². The lowest BCUT2D eigenvalue weighted by Gasteiger charge is -2.13. The largest absolute Gasteiger partial charge is 0.383 e. The molecule has 0 aliphatic carbocycles. The van der Waals surface area contributed by atoms with Gasteiger partial charge in [-0.1, -0.05) is 0 Å². The van der Waals surface area contributed by atoms with E-state index in [1.807, 2.05) is 43.3 Å². The van der Waals surface area contributed by atoms with Gasteiger partial charge in [0, 0.05) is 50.9 Å². The second-order valence-electron chi connectivity index (χ2n) is 5.24. The second kappa shape index (κ2) is 8.14. The molecule has 0 saturated heterocycles. The van der Waals surface area contributed by atoms with Crippen LogP contribution in [0.2, 0.25) is 0 Å². The van der Waals surface area contributed by atoms with Crippen LogP contribution in [-0.4, -0.2) is 45.2 Å². The molecule has 0 radical (unpaired) electrons. The van der Waals surface area contributed by atoms with E-state index in [1.165, 1.54) is 0 Å². The van der Waals surface area contributed by atoms with Crippen LogP contribution in [0.25, 0.3) is 0 Å². The van der Waals surface area contributed by atoms with Crippen LogP contribution in [0, 0.1) is 0 Å². The first kappa shape index (κ1) is 16.8. The molecule has 23 heavy (non-hydrogen) atoms. The highest BCUT2D eigenvalue weighted by Crippen LogP contribution is 2.19. The predicted octanol–water partition coefficient (Wildman–Crippen LogP) is 2.27. The number of methoxy groups -OCH3 is 1. The van der Waals surface area contributed by atoms with Gasteiger partial charge in [-0.2, -0.15) is 0 Å². The molecule has 122 valence electrons. The number of rotatable bonds is 7. The van der Waals surface area contributed by atoms with Gasteiger partial charge in [0.2, 0.25) is 0 Å². The van der Waals surface area contributed by atoms with Crippen molar-refractivity contribution < 1.29 is 9.53 Å². The summed E-state index contributed by atoms with van der Waals surface area (Å²) in [5.41, 5.74) is 2.60. The summed E-state index contributed by atoms with van der Waals surface area (Å²) in [5, 5.41) is 5.98. The summed E-state index contributed by atoms with van der Waals surface area (Å²) in [6.07, 6.45) is 1.61. The van der Waals surface area contributed by atoms with E-state index < -0.39 is 0 Å². The zero-order valence-electron chi connectivity index (χ0n) is 13.7. The molecule has 1 aromatic carbocycles. The van der Waals surface area contributed by atoms with Gasteiger partial charge in [-0.05, 0) is 36.4 Å². The van der Waals surface area contributed by atoms with E-state index in [0.29, 0.717) is 24.5 Å². The second-order valence-corrected chi connectivity index (χ2v) is 5.24. The van der Waals surface area contributed by atoms with E-state index in [4.69, 9.17) is 4.74 Å². The van der Waals surface area contributed by atoms with Crippen molar-refractivity contribution in [2.45, 2.75) is 0 Å². The molecule has 1 heterocycles. The first-order chi connectivity index (χ1) is 11.1. The number of benzene rings is 1. The molecule has 0 bridgehead atoms. The average molecular weight is 314 g/mol. The van der Waals surface area contributed by atoms with Crippen molar-refractivity contribution in [2.24, 2.45) is 0 Å². The van der Waals surface area contributed by atoms with E-state index in [0.717, 1.165) is 11.4 Å². The molecule has 6 heteroatoms. The SMILES string of the molecule is COCCNC(=O)c1ccnc(Nc2ccc(N(C)C)cc2)c1. The molecule has 0 aliphatic rings. The van der Waals surface area contributed by atoms with Crippen LogP contribution in [0.5, 0.6) is 0 Å². The zero-order chi connectivity index (χ0) is 16.7. The maximum atomic E-state index is 12.0. The molecule has 1 aromatic heterocycles. The topological polar surface area (TPSA) is 66.5 Å². The van der Waals surface area contributed by atoms with Crippen molar-refractivity contribution in [3.8, 4) is 0 Å². The Labute approximate surface area is 136 Å². The number of hydrogen-bond acceptors (Lipinski definition) is 5. The summed E-state index contributed by atoms with van der Waals surface area (Å²) in [4.78, 5) is 18.3. The fourth-order valence-electron chi connectivity index (χ4n) is 2.00. The number of carbonyl (C=O) groups excluding carboxylic acids is 1. The highest BCUT2D eigenvalue weighted by atomic mass is 16.5. The normalized spacial score (nSPS) is 10.2. The van der Waals surface area contributed by atoms with Crippen LogP contribution in [0.15, 0.2) is 42.6 Å². The Balaban J connectivity index is 2.03. The Morgan fingerprint density at radius 2 is 1.96 bits per heavy atom. The minimum Gasteiger partial charge on any atom is -0.383 e. The smallest absolute Gasteiger partial charge is 0.251 e. The number of anilines is 3. The lowest BCUT2D eigenvalue weighted by molar-refractivity contribution is 0.0937. The summed E-state index contributed by atoms with van der Waals surface area (Å²) in [6, 6.07) is 11.4. The quantitative estimate of drug-likeness (QED) is 0.768.